The molecule has 2 nitrogen and oxygen atoms in total. The maximum absolute atomic E-state index is 5.67. The Hall–Kier alpha value is -1.70. The number of hydrogen-bond acceptors (Lipinski definition) is 2. The molecule has 2 heteroatoms. The Kier molecular flexibility index (Phi) is 4.16. The van der Waals surface area contributed by atoms with Crippen molar-refractivity contribution in [3.63, 3.8) is 0 Å². The van der Waals surface area contributed by atoms with Crippen molar-refractivity contribution in [2.75, 3.05) is 14.2 Å². The van der Waals surface area contributed by atoms with Gasteiger partial charge < -0.3 is 9.47 Å². The summed E-state index contributed by atoms with van der Waals surface area (Å²) in [5.74, 6) is 1.82. The number of hydrogen-bond donors (Lipinski definition) is 0. The summed E-state index contributed by atoms with van der Waals surface area (Å²) in [6.45, 7) is 13.4. The van der Waals surface area contributed by atoms with Gasteiger partial charge in [0.15, 0.2) is 0 Å². The number of fused-ring (bicyclic) bond motifs is 1. The molecule has 0 saturated carbocycles. The van der Waals surface area contributed by atoms with Crippen LogP contribution in [0, 0.1) is 0 Å². The SMILES string of the molecule is COc1ccc(C(C)(C)C)c2c(OC)ccc(C(C)(C)C)c12. The first-order valence-electron chi connectivity index (χ1n) is 7.80. The molecular formula is C20H28O2. The van der Waals surface area contributed by atoms with Crippen LogP contribution in [0.1, 0.15) is 52.7 Å². The Bertz CT molecular complexity index is 624. The fraction of sp³-hybridized carbons (Fsp3) is 0.500. The van der Waals surface area contributed by atoms with E-state index in [0.29, 0.717) is 0 Å². The molecule has 120 valence electrons. The molecule has 0 aliphatic rings. The molecule has 0 radical (unpaired) electrons. The fourth-order valence-electron chi connectivity index (χ4n) is 3.02. The highest BCUT2D eigenvalue weighted by Crippen LogP contribution is 2.44. The first-order valence-corrected chi connectivity index (χ1v) is 7.80. The highest BCUT2D eigenvalue weighted by Gasteiger charge is 2.26. The zero-order valence-electron chi connectivity index (χ0n) is 15.1. The lowest BCUT2D eigenvalue weighted by atomic mass is 9.78. The van der Waals surface area contributed by atoms with Gasteiger partial charge in [-0.3, -0.25) is 0 Å². The molecule has 2 rings (SSSR count). The van der Waals surface area contributed by atoms with Crippen LogP contribution in [-0.2, 0) is 10.8 Å². The molecule has 0 amide bonds. The van der Waals surface area contributed by atoms with Crippen molar-refractivity contribution in [3.05, 3.63) is 35.4 Å². The van der Waals surface area contributed by atoms with E-state index < -0.39 is 0 Å². The van der Waals surface area contributed by atoms with E-state index in [-0.39, 0.29) is 10.8 Å². The zero-order valence-corrected chi connectivity index (χ0v) is 15.1. The summed E-state index contributed by atoms with van der Waals surface area (Å²) >= 11 is 0. The van der Waals surface area contributed by atoms with Crippen LogP contribution in [0.2, 0.25) is 0 Å². The summed E-state index contributed by atoms with van der Waals surface area (Å²) in [4.78, 5) is 0. The first-order chi connectivity index (χ1) is 10.1. The second-order valence-electron chi connectivity index (χ2n) is 7.88. The van der Waals surface area contributed by atoms with Gasteiger partial charge >= 0.3 is 0 Å². The summed E-state index contributed by atoms with van der Waals surface area (Å²) in [5.41, 5.74) is 2.64. The van der Waals surface area contributed by atoms with Crippen molar-refractivity contribution in [2.24, 2.45) is 0 Å². The largest absolute Gasteiger partial charge is 0.496 e. The van der Waals surface area contributed by atoms with Crippen LogP contribution in [0.15, 0.2) is 24.3 Å². The van der Waals surface area contributed by atoms with Crippen molar-refractivity contribution in [1.29, 1.82) is 0 Å². The zero-order chi connectivity index (χ0) is 16.7. The molecule has 2 aromatic rings. The molecule has 0 aromatic heterocycles. The highest BCUT2D eigenvalue weighted by atomic mass is 16.5. The van der Waals surface area contributed by atoms with Gasteiger partial charge in [0, 0.05) is 10.8 Å². The van der Waals surface area contributed by atoms with E-state index in [4.69, 9.17) is 9.47 Å². The van der Waals surface area contributed by atoms with E-state index in [1.807, 2.05) is 0 Å². The lowest BCUT2D eigenvalue weighted by Crippen LogP contribution is -2.16. The maximum Gasteiger partial charge on any atom is 0.127 e. The topological polar surface area (TPSA) is 18.5 Å². The Morgan fingerprint density at radius 3 is 1.14 bits per heavy atom. The fourth-order valence-corrected chi connectivity index (χ4v) is 3.02. The predicted molar refractivity (Wildman–Crippen MR) is 94.5 cm³/mol. The minimum atomic E-state index is 0.0360. The molecule has 0 spiro atoms. The van der Waals surface area contributed by atoms with E-state index in [0.717, 1.165) is 11.5 Å². The lowest BCUT2D eigenvalue weighted by Gasteiger charge is -2.28. The van der Waals surface area contributed by atoms with Gasteiger partial charge in [0.05, 0.1) is 14.2 Å². The van der Waals surface area contributed by atoms with Crippen LogP contribution < -0.4 is 9.47 Å². The van der Waals surface area contributed by atoms with Crippen LogP contribution in [0.3, 0.4) is 0 Å². The van der Waals surface area contributed by atoms with Crippen molar-refractivity contribution in [3.8, 4) is 11.5 Å². The monoisotopic (exact) mass is 300 g/mol. The van der Waals surface area contributed by atoms with Gasteiger partial charge in [-0.15, -0.1) is 0 Å². The standard InChI is InChI=1S/C20H28O2/c1-19(2,3)13-9-11-16(22-8)18-14(20(4,5)6)10-12-15(21-7)17(13)18/h9-12H,1-8H3. The van der Waals surface area contributed by atoms with Crippen LogP contribution in [-0.4, -0.2) is 14.2 Å². The van der Waals surface area contributed by atoms with Gasteiger partial charge in [0.25, 0.3) is 0 Å². The second-order valence-corrected chi connectivity index (χ2v) is 7.88. The molecule has 0 N–H and O–H groups in total. The van der Waals surface area contributed by atoms with Gasteiger partial charge in [-0.1, -0.05) is 53.7 Å². The summed E-state index contributed by atoms with van der Waals surface area (Å²) in [6.07, 6.45) is 0. The van der Waals surface area contributed by atoms with E-state index in [2.05, 4.69) is 65.8 Å². The summed E-state index contributed by atoms with van der Waals surface area (Å²) in [6, 6.07) is 8.49. The van der Waals surface area contributed by atoms with Crippen LogP contribution in [0.25, 0.3) is 10.8 Å². The smallest absolute Gasteiger partial charge is 0.127 e. The molecule has 0 fully saturated rings. The van der Waals surface area contributed by atoms with Crippen LogP contribution >= 0.6 is 0 Å². The first kappa shape index (κ1) is 16.7. The number of rotatable bonds is 2. The van der Waals surface area contributed by atoms with E-state index in [1.54, 1.807) is 14.2 Å². The molecule has 2 aromatic carbocycles. The average molecular weight is 300 g/mol. The quantitative estimate of drug-likeness (QED) is 0.734. The van der Waals surface area contributed by atoms with E-state index in [1.165, 1.54) is 21.9 Å². The number of benzene rings is 2. The second kappa shape index (κ2) is 5.49. The van der Waals surface area contributed by atoms with Crippen molar-refractivity contribution in [2.45, 2.75) is 52.4 Å². The normalized spacial score (nSPS) is 12.5. The third-order valence-corrected chi connectivity index (χ3v) is 4.14. The van der Waals surface area contributed by atoms with Gasteiger partial charge in [-0.25, -0.2) is 0 Å². The minimum absolute atomic E-state index is 0.0360. The molecule has 0 aliphatic heterocycles. The van der Waals surface area contributed by atoms with Crippen molar-refractivity contribution in [1.82, 2.24) is 0 Å². The molecule has 0 heterocycles. The predicted octanol–water partition coefficient (Wildman–Crippen LogP) is 5.45. The highest BCUT2D eigenvalue weighted by molar-refractivity contribution is 5.99. The third-order valence-electron chi connectivity index (χ3n) is 4.14. The third kappa shape index (κ3) is 2.79. The Labute approximate surface area is 134 Å². The van der Waals surface area contributed by atoms with Gasteiger partial charge in [-0.05, 0) is 34.1 Å². The summed E-state index contributed by atoms with van der Waals surface area (Å²) < 4.78 is 11.3. The molecular weight excluding hydrogens is 272 g/mol. The molecule has 0 aliphatic carbocycles. The maximum atomic E-state index is 5.67. The van der Waals surface area contributed by atoms with Crippen LogP contribution in [0.4, 0.5) is 0 Å². The van der Waals surface area contributed by atoms with Gasteiger partial charge in [0.2, 0.25) is 0 Å². The lowest BCUT2D eigenvalue weighted by molar-refractivity contribution is 0.412. The molecule has 0 saturated heterocycles. The molecule has 22 heavy (non-hydrogen) atoms. The van der Waals surface area contributed by atoms with Gasteiger partial charge in [-0.2, -0.15) is 0 Å². The van der Waals surface area contributed by atoms with Crippen molar-refractivity contribution < 1.29 is 9.47 Å². The van der Waals surface area contributed by atoms with Crippen LogP contribution in [0.5, 0.6) is 11.5 Å². The Morgan fingerprint density at radius 2 is 0.909 bits per heavy atom. The number of ether oxygens (including phenoxy) is 2. The number of methoxy groups -OCH3 is 2. The minimum Gasteiger partial charge on any atom is -0.496 e. The Balaban J connectivity index is 3.05. The summed E-state index contributed by atoms with van der Waals surface area (Å²) in [7, 11) is 3.47. The summed E-state index contributed by atoms with van der Waals surface area (Å²) in [5, 5.41) is 2.34. The Morgan fingerprint density at radius 1 is 0.591 bits per heavy atom. The molecule has 0 bridgehead atoms. The van der Waals surface area contributed by atoms with E-state index in [9.17, 15) is 0 Å². The van der Waals surface area contributed by atoms with Crippen molar-refractivity contribution >= 4 is 10.8 Å². The molecule has 0 unspecified atom stereocenters. The van der Waals surface area contributed by atoms with E-state index >= 15 is 0 Å². The average Bonchev–Trinajstić information content (AvgIpc) is 2.42. The molecule has 0 atom stereocenters. The van der Waals surface area contributed by atoms with Gasteiger partial charge in [0.1, 0.15) is 11.5 Å².